The summed E-state index contributed by atoms with van der Waals surface area (Å²) in [5.74, 6) is 0.0278. The highest BCUT2D eigenvalue weighted by atomic mass is 32.2. The van der Waals surface area contributed by atoms with Crippen molar-refractivity contribution in [1.82, 2.24) is 9.55 Å². The maximum absolute atomic E-state index is 13.3. The fourth-order valence-electron chi connectivity index (χ4n) is 3.83. The Balaban J connectivity index is 1.68. The van der Waals surface area contributed by atoms with Gasteiger partial charge >= 0.3 is 0 Å². The third kappa shape index (κ3) is 3.49. The van der Waals surface area contributed by atoms with Gasteiger partial charge < -0.3 is 4.90 Å². The van der Waals surface area contributed by atoms with Crippen LogP contribution in [0.5, 0.6) is 0 Å². The average molecular weight is 406 g/mol. The Morgan fingerprint density at radius 3 is 2.79 bits per heavy atom. The van der Waals surface area contributed by atoms with Gasteiger partial charge in [-0.1, -0.05) is 48.2 Å². The Hall–Kier alpha value is -2.86. The second-order valence-electron chi connectivity index (χ2n) is 7.27. The summed E-state index contributed by atoms with van der Waals surface area (Å²) < 4.78 is 1.59. The van der Waals surface area contributed by atoms with Gasteiger partial charge in [0.1, 0.15) is 0 Å². The monoisotopic (exact) mass is 405 g/mol. The van der Waals surface area contributed by atoms with Crippen LogP contribution in [0.25, 0.3) is 10.9 Å². The van der Waals surface area contributed by atoms with Gasteiger partial charge in [0, 0.05) is 18.3 Å². The van der Waals surface area contributed by atoms with Crippen LogP contribution in [0.15, 0.2) is 71.1 Å². The van der Waals surface area contributed by atoms with Crippen molar-refractivity contribution in [3.05, 3.63) is 77.1 Å². The maximum Gasteiger partial charge on any atom is 0.262 e. The Morgan fingerprint density at radius 2 is 2.00 bits per heavy atom. The third-order valence-corrected chi connectivity index (χ3v) is 6.29. The lowest BCUT2D eigenvalue weighted by atomic mass is 10.1. The smallest absolute Gasteiger partial charge is 0.262 e. The zero-order valence-corrected chi connectivity index (χ0v) is 17.4. The highest BCUT2D eigenvalue weighted by Gasteiger charge is 2.33. The number of allylic oxidation sites excluding steroid dienone is 1. The van der Waals surface area contributed by atoms with Gasteiger partial charge in [0.05, 0.1) is 16.2 Å². The summed E-state index contributed by atoms with van der Waals surface area (Å²) in [6, 6.07) is 15.4. The summed E-state index contributed by atoms with van der Waals surface area (Å²) in [6.45, 7) is 8.05. The zero-order chi connectivity index (χ0) is 20.5. The van der Waals surface area contributed by atoms with E-state index in [0.717, 1.165) is 12.1 Å². The minimum Gasteiger partial charge on any atom is -0.308 e. The van der Waals surface area contributed by atoms with Crippen molar-refractivity contribution in [3.8, 4) is 0 Å². The van der Waals surface area contributed by atoms with Crippen LogP contribution < -0.4 is 10.5 Å². The molecular formula is C23H23N3O2S. The Bertz CT molecular complexity index is 1150. The zero-order valence-electron chi connectivity index (χ0n) is 16.5. The van der Waals surface area contributed by atoms with Crippen molar-refractivity contribution in [3.63, 3.8) is 0 Å². The summed E-state index contributed by atoms with van der Waals surface area (Å²) in [7, 11) is 0. The Kier molecular flexibility index (Phi) is 5.28. The lowest BCUT2D eigenvalue weighted by Crippen LogP contribution is -2.40. The molecule has 0 saturated carbocycles. The molecule has 29 heavy (non-hydrogen) atoms. The van der Waals surface area contributed by atoms with Crippen molar-refractivity contribution in [2.75, 3.05) is 4.90 Å². The number of aromatic nitrogens is 2. The fourth-order valence-corrected chi connectivity index (χ4v) is 4.80. The predicted molar refractivity (Wildman–Crippen MR) is 119 cm³/mol. The average Bonchev–Trinajstić information content (AvgIpc) is 3.06. The molecular weight excluding hydrogens is 382 g/mol. The second-order valence-corrected chi connectivity index (χ2v) is 8.57. The quantitative estimate of drug-likeness (QED) is 0.365. The van der Waals surface area contributed by atoms with E-state index in [4.69, 9.17) is 0 Å². The highest BCUT2D eigenvalue weighted by molar-refractivity contribution is 8.00. The van der Waals surface area contributed by atoms with E-state index < -0.39 is 0 Å². The lowest BCUT2D eigenvalue weighted by Gasteiger charge is -2.26. The number of hydrogen-bond acceptors (Lipinski definition) is 4. The molecule has 5 nitrogen and oxygen atoms in total. The number of anilines is 1. The normalized spacial score (nSPS) is 16.6. The largest absolute Gasteiger partial charge is 0.308 e. The molecule has 1 aliphatic rings. The van der Waals surface area contributed by atoms with Gasteiger partial charge in [-0.05, 0) is 44.0 Å². The Labute approximate surface area is 174 Å². The van der Waals surface area contributed by atoms with Crippen LogP contribution in [0.4, 0.5) is 5.69 Å². The first-order valence-corrected chi connectivity index (χ1v) is 10.6. The van der Waals surface area contributed by atoms with Gasteiger partial charge in [0.25, 0.3) is 5.56 Å². The standard InChI is InChI=1S/C23H23N3O2S/c1-4-13-25-22(28)18-10-6-7-11-19(18)24-23(25)29-16(3)21(27)26-15(2)14-17-9-5-8-12-20(17)26/h4-12,15-16H,1,13-14H2,2-3H3/t15-,16+/m1/s1. The SMILES string of the molecule is C=CCn1c(S[C@@H](C)C(=O)N2c3ccccc3C[C@H]2C)nc2ccccc2c1=O. The molecule has 3 aromatic rings. The topological polar surface area (TPSA) is 55.2 Å². The number of carbonyl (C=O) groups is 1. The van der Waals surface area contributed by atoms with Crippen LogP contribution in [-0.4, -0.2) is 26.8 Å². The molecule has 0 unspecified atom stereocenters. The second kappa shape index (κ2) is 7.87. The van der Waals surface area contributed by atoms with Gasteiger partial charge in [-0.2, -0.15) is 0 Å². The minimum absolute atomic E-state index is 0.0278. The first-order valence-electron chi connectivity index (χ1n) is 9.69. The van der Waals surface area contributed by atoms with Crippen LogP contribution >= 0.6 is 11.8 Å². The molecule has 148 valence electrons. The molecule has 0 bridgehead atoms. The fraction of sp³-hybridized carbons (Fsp3) is 0.261. The summed E-state index contributed by atoms with van der Waals surface area (Å²) in [5, 5.41) is 0.724. The molecule has 4 rings (SSSR count). The van der Waals surface area contributed by atoms with Crippen molar-refractivity contribution in [2.45, 2.75) is 43.3 Å². The van der Waals surface area contributed by atoms with Crippen LogP contribution in [0, 0.1) is 0 Å². The molecule has 0 aliphatic carbocycles. The summed E-state index contributed by atoms with van der Waals surface area (Å²) >= 11 is 1.32. The number of benzene rings is 2. The molecule has 1 amide bonds. The van der Waals surface area contributed by atoms with Gasteiger partial charge in [-0.3, -0.25) is 14.2 Å². The molecule has 0 spiro atoms. The molecule has 2 aromatic carbocycles. The molecule has 2 heterocycles. The van der Waals surface area contributed by atoms with E-state index in [1.54, 1.807) is 16.7 Å². The summed E-state index contributed by atoms with van der Waals surface area (Å²) in [5.41, 5.74) is 2.70. The van der Waals surface area contributed by atoms with Gasteiger partial charge in [-0.15, -0.1) is 6.58 Å². The third-order valence-electron chi connectivity index (χ3n) is 5.21. The molecule has 0 saturated heterocycles. The number of amides is 1. The Morgan fingerprint density at radius 1 is 1.28 bits per heavy atom. The van der Waals surface area contributed by atoms with E-state index in [0.29, 0.717) is 22.6 Å². The van der Waals surface area contributed by atoms with E-state index in [1.165, 1.54) is 17.3 Å². The molecule has 0 radical (unpaired) electrons. The number of carbonyl (C=O) groups excluding carboxylic acids is 1. The predicted octanol–water partition coefficient (Wildman–Crippen LogP) is 4.04. The highest BCUT2D eigenvalue weighted by Crippen LogP contribution is 2.34. The molecule has 1 aromatic heterocycles. The van der Waals surface area contributed by atoms with Crippen molar-refractivity contribution < 1.29 is 4.79 Å². The molecule has 2 atom stereocenters. The number of para-hydroxylation sites is 2. The summed E-state index contributed by atoms with van der Waals surface area (Å²) in [6.07, 6.45) is 2.53. The first-order chi connectivity index (χ1) is 14.0. The number of thioether (sulfide) groups is 1. The van der Waals surface area contributed by atoms with Crippen LogP contribution in [0.3, 0.4) is 0 Å². The molecule has 0 fully saturated rings. The number of hydrogen-bond donors (Lipinski definition) is 0. The number of fused-ring (bicyclic) bond motifs is 2. The van der Waals surface area contributed by atoms with Gasteiger partial charge in [-0.25, -0.2) is 4.98 Å². The maximum atomic E-state index is 13.3. The van der Waals surface area contributed by atoms with Crippen molar-refractivity contribution >= 4 is 34.3 Å². The first kappa shape index (κ1) is 19.5. The molecule has 1 aliphatic heterocycles. The minimum atomic E-state index is -0.382. The number of nitrogens with zero attached hydrogens (tertiary/aromatic N) is 3. The van der Waals surface area contributed by atoms with Crippen molar-refractivity contribution in [2.24, 2.45) is 0 Å². The van der Waals surface area contributed by atoms with Gasteiger partial charge in [0.2, 0.25) is 5.91 Å². The van der Waals surface area contributed by atoms with Crippen LogP contribution in [-0.2, 0) is 17.8 Å². The van der Waals surface area contributed by atoms with Crippen molar-refractivity contribution in [1.29, 1.82) is 0 Å². The van der Waals surface area contributed by atoms with E-state index in [-0.39, 0.29) is 22.8 Å². The summed E-state index contributed by atoms with van der Waals surface area (Å²) in [4.78, 5) is 32.8. The van der Waals surface area contributed by atoms with Gasteiger partial charge in [0.15, 0.2) is 5.16 Å². The lowest BCUT2D eigenvalue weighted by molar-refractivity contribution is -0.118. The van der Waals surface area contributed by atoms with E-state index in [2.05, 4.69) is 24.6 Å². The molecule has 6 heteroatoms. The van der Waals surface area contributed by atoms with Crippen LogP contribution in [0.1, 0.15) is 19.4 Å². The van der Waals surface area contributed by atoms with Crippen LogP contribution in [0.2, 0.25) is 0 Å². The number of rotatable bonds is 5. The molecule has 0 N–H and O–H groups in total. The van der Waals surface area contributed by atoms with E-state index in [9.17, 15) is 9.59 Å². The van der Waals surface area contributed by atoms with E-state index in [1.807, 2.05) is 48.2 Å². The van der Waals surface area contributed by atoms with E-state index >= 15 is 0 Å².